The van der Waals surface area contributed by atoms with Gasteiger partial charge in [-0.05, 0) is 92.3 Å². The van der Waals surface area contributed by atoms with Crippen molar-refractivity contribution in [1.82, 2.24) is 0 Å². The Hall–Kier alpha value is -4.03. The van der Waals surface area contributed by atoms with Crippen molar-refractivity contribution in [3.63, 3.8) is 0 Å². The number of carbonyl (C=O) groups is 3. The Morgan fingerprint density at radius 2 is 1.69 bits per heavy atom. The van der Waals surface area contributed by atoms with Crippen molar-refractivity contribution in [2.24, 2.45) is 5.92 Å². The van der Waals surface area contributed by atoms with Crippen molar-refractivity contribution in [1.29, 1.82) is 0 Å². The molecule has 0 bridgehead atoms. The summed E-state index contributed by atoms with van der Waals surface area (Å²) in [4.78, 5) is 37.6. The fraction of sp³-hybridized carbons (Fsp3) is 0.485. The Kier molecular flexibility index (Phi) is 9.79. The van der Waals surface area contributed by atoms with E-state index in [1.807, 2.05) is 30.3 Å². The molecule has 9 heteroatoms. The third-order valence-corrected chi connectivity index (χ3v) is 8.56. The average molecular weight is 578 g/mol. The fourth-order valence-electron chi connectivity index (χ4n) is 6.54. The molecule has 2 aliphatic rings. The summed E-state index contributed by atoms with van der Waals surface area (Å²) in [6, 6.07) is 13.8. The molecule has 0 unspecified atom stereocenters. The van der Waals surface area contributed by atoms with Gasteiger partial charge in [0.2, 0.25) is 0 Å². The Labute approximate surface area is 247 Å². The molecule has 0 amide bonds. The number of rotatable bonds is 10. The number of hydrogen-bond donors (Lipinski definition) is 1. The normalized spacial score (nSPS) is 22.4. The van der Waals surface area contributed by atoms with E-state index in [2.05, 4.69) is 24.0 Å². The number of hydrogen-bond acceptors (Lipinski definition) is 9. The summed E-state index contributed by atoms with van der Waals surface area (Å²) in [5.74, 6) is 5.40. The van der Waals surface area contributed by atoms with Crippen molar-refractivity contribution in [2.75, 3.05) is 45.9 Å². The van der Waals surface area contributed by atoms with Crippen LogP contribution in [0.4, 0.5) is 5.69 Å². The van der Waals surface area contributed by atoms with Crippen molar-refractivity contribution in [3.05, 3.63) is 59.2 Å². The molecule has 1 N–H and O–H groups in total. The first-order valence-corrected chi connectivity index (χ1v) is 14.1. The van der Waals surface area contributed by atoms with Gasteiger partial charge in [0.05, 0.1) is 21.3 Å². The zero-order valence-electron chi connectivity index (χ0n) is 24.7. The summed E-state index contributed by atoms with van der Waals surface area (Å²) >= 11 is 0. The van der Waals surface area contributed by atoms with Crippen LogP contribution in [0.3, 0.4) is 0 Å². The van der Waals surface area contributed by atoms with Crippen LogP contribution in [0.2, 0.25) is 0 Å². The number of aryl methyl sites for hydroxylation is 1. The number of carbonyl (C=O) groups excluding carboxylic acids is 3. The van der Waals surface area contributed by atoms with Crippen LogP contribution in [0.5, 0.6) is 5.75 Å². The fourth-order valence-corrected chi connectivity index (χ4v) is 6.54. The molecular weight excluding hydrogens is 538 g/mol. The highest BCUT2D eigenvalue weighted by Crippen LogP contribution is 2.54. The first kappa shape index (κ1) is 30.9. The first-order chi connectivity index (χ1) is 20.1. The number of fused-ring (bicyclic) bond motifs is 3. The number of esters is 3. The Bertz CT molecular complexity index is 1360. The lowest BCUT2D eigenvalue weighted by Gasteiger charge is -2.52. The van der Waals surface area contributed by atoms with E-state index in [1.54, 1.807) is 11.8 Å². The second kappa shape index (κ2) is 13.3. The number of aliphatic hydroxyl groups is 1. The summed E-state index contributed by atoms with van der Waals surface area (Å²) in [5, 5.41) is 11.3. The molecule has 0 aliphatic heterocycles. The predicted octanol–water partition coefficient (Wildman–Crippen LogP) is 3.37. The van der Waals surface area contributed by atoms with Gasteiger partial charge < -0.3 is 29.0 Å². The van der Waals surface area contributed by atoms with Gasteiger partial charge in [0, 0.05) is 11.1 Å². The lowest BCUT2D eigenvalue weighted by molar-refractivity contribution is -0.143. The molecule has 224 valence electrons. The average Bonchev–Trinajstić information content (AvgIpc) is 2.99. The van der Waals surface area contributed by atoms with Crippen molar-refractivity contribution in [2.45, 2.75) is 56.5 Å². The number of nitrogens with zero attached hydrogens (tertiary/aromatic N) is 1. The monoisotopic (exact) mass is 577 g/mol. The molecule has 2 aromatic rings. The summed E-state index contributed by atoms with van der Waals surface area (Å²) in [7, 11) is 3.96. The third kappa shape index (κ3) is 6.88. The van der Waals surface area contributed by atoms with E-state index < -0.39 is 23.5 Å². The molecular formula is C33H39NO8. The van der Waals surface area contributed by atoms with Gasteiger partial charge in [-0.3, -0.25) is 9.59 Å². The van der Waals surface area contributed by atoms with Gasteiger partial charge in [0.25, 0.3) is 0 Å². The van der Waals surface area contributed by atoms with Crippen LogP contribution in [0.1, 0.15) is 49.3 Å². The zero-order chi connectivity index (χ0) is 30.3. The van der Waals surface area contributed by atoms with Crippen LogP contribution in [-0.4, -0.2) is 69.6 Å². The highest BCUT2D eigenvalue weighted by atomic mass is 16.6. The van der Waals surface area contributed by atoms with Crippen molar-refractivity contribution < 1.29 is 38.4 Å². The molecule has 0 spiro atoms. The minimum Gasteiger partial charge on any atom is -0.482 e. The molecule has 3 atom stereocenters. The molecule has 0 radical (unpaired) electrons. The molecule has 4 rings (SSSR count). The third-order valence-electron chi connectivity index (χ3n) is 8.56. The summed E-state index contributed by atoms with van der Waals surface area (Å²) in [6.07, 6.45) is 4.24. The Morgan fingerprint density at radius 1 is 0.976 bits per heavy atom. The van der Waals surface area contributed by atoms with Gasteiger partial charge in [0.15, 0.2) is 6.61 Å². The van der Waals surface area contributed by atoms with E-state index in [-0.39, 0.29) is 31.0 Å². The quantitative estimate of drug-likeness (QED) is 0.258. The smallest absolute Gasteiger partial charge is 0.343 e. The number of methoxy groups -OCH3 is 3. The number of benzene rings is 2. The zero-order valence-corrected chi connectivity index (χ0v) is 24.7. The molecule has 2 aliphatic carbocycles. The molecule has 1 saturated carbocycles. The largest absolute Gasteiger partial charge is 0.482 e. The SMILES string of the molecule is CC#C[C@@]1(O)CC[C@]2(Cc3cccc(N(CC(=O)OC)CC(=O)OC)c3)c3ccc(OCC(=O)OC)cc3CC[C@@H]2C1. The standard InChI is InChI=1S/C33H39NO8/c1-5-13-32(38)14-15-33(18-23-7-6-8-26(16-23)34(20-29(35)39-2)21-30(36)40-3)25(19-32)10-9-24-17-27(11-12-28(24)33)42-22-31(37)41-4/h6-8,11-12,16-17,25,38H,9-10,14-15,18-22H2,1-4H3/t25-,32-,33-/m1/s1. The minimum atomic E-state index is -1.02. The van der Waals surface area contributed by atoms with Crippen LogP contribution in [0.25, 0.3) is 0 Å². The topological polar surface area (TPSA) is 112 Å². The van der Waals surface area contributed by atoms with Gasteiger partial charge >= 0.3 is 17.9 Å². The van der Waals surface area contributed by atoms with Gasteiger partial charge in [-0.25, -0.2) is 4.79 Å². The first-order valence-electron chi connectivity index (χ1n) is 14.1. The van der Waals surface area contributed by atoms with E-state index in [4.69, 9.17) is 18.9 Å². The maximum absolute atomic E-state index is 12.1. The van der Waals surface area contributed by atoms with Gasteiger partial charge in [-0.15, -0.1) is 5.92 Å². The maximum Gasteiger partial charge on any atom is 0.343 e. The molecule has 0 aromatic heterocycles. The van der Waals surface area contributed by atoms with Crippen LogP contribution in [-0.2, 0) is 46.9 Å². The summed E-state index contributed by atoms with van der Waals surface area (Å²) in [5.41, 5.74) is 2.83. The van der Waals surface area contributed by atoms with E-state index in [0.29, 0.717) is 30.7 Å². The highest BCUT2D eigenvalue weighted by molar-refractivity contribution is 5.81. The van der Waals surface area contributed by atoms with Crippen LogP contribution < -0.4 is 9.64 Å². The molecule has 2 aromatic carbocycles. The molecule has 1 fully saturated rings. The van der Waals surface area contributed by atoms with E-state index in [0.717, 1.165) is 30.4 Å². The van der Waals surface area contributed by atoms with Crippen molar-refractivity contribution in [3.8, 4) is 17.6 Å². The predicted molar refractivity (Wildman–Crippen MR) is 156 cm³/mol. The molecule has 42 heavy (non-hydrogen) atoms. The van der Waals surface area contributed by atoms with E-state index in [1.165, 1.54) is 26.9 Å². The second-order valence-electron chi connectivity index (χ2n) is 11.0. The molecule has 0 saturated heterocycles. The van der Waals surface area contributed by atoms with E-state index >= 15 is 0 Å². The lowest BCUT2D eigenvalue weighted by atomic mass is 9.52. The Balaban J connectivity index is 1.71. The van der Waals surface area contributed by atoms with Crippen molar-refractivity contribution >= 4 is 23.6 Å². The molecule has 0 heterocycles. The molecule has 9 nitrogen and oxygen atoms in total. The summed E-state index contributed by atoms with van der Waals surface area (Å²) in [6.45, 7) is 1.41. The van der Waals surface area contributed by atoms with Gasteiger partial charge in [0.1, 0.15) is 24.4 Å². The van der Waals surface area contributed by atoms with Gasteiger partial charge in [-0.2, -0.15) is 0 Å². The second-order valence-corrected chi connectivity index (χ2v) is 11.0. The number of anilines is 1. The summed E-state index contributed by atoms with van der Waals surface area (Å²) < 4.78 is 20.1. The van der Waals surface area contributed by atoms with Crippen LogP contribution in [0.15, 0.2) is 42.5 Å². The highest BCUT2D eigenvalue weighted by Gasteiger charge is 2.51. The minimum absolute atomic E-state index is 0.0945. The van der Waals surface area contributed by atoms with Crippen LogP contribution in [0, 0.1) is 17.8 Å². The Morgan fingerprint density at radius 3 is 2.36 bits per heavy atom. The van der Waals surface area contributed by atoms with Gasteiger partial charge in [-0.1, -0.05) is 24.1 Å². The lowest BCUT2D eigenvalue weighted by Crippen LogP contribution is -2.50. The van der Waals surface area contributed by atoms with Crippen LogP contribution >= 0.6 is 0 Å². The maximum atomic E-state index is 12.1. The van der Waals surface area contributed by atoms with E-state index in [9.17, 15) is 19.5 Å². The number of ether oxygens (including phenoxy) is 4.